The summed E-state index contributed by atoms with van der Waals surface area (Å²) in [7, 11) is 0. The quantitative estimate of drug-likeness (QED) is 0.892. The van der Waals surface area contributed by atoms with Crippen molar-refractivity contribution in [2.75, 3.05) is 10.6 Å². The second-order valence-electron chi connectivity index (χ2n) is 4.38. The Morgan fingerprint density at radius 1 is 1.15 bits per heavy atom. The molecule has 0 atom stereocenters. The van der Waals surface area contributed by atoms with Gasteiger partial charge in [-0.05, 0) is 35.9 Å². The van der Waals surface area contributed by atoms with Crippen molar-refractivity contribution < 1.29 is 4.79 Å². The molecule has 0 aliphatic carbocycles. The maximum absolute atomic E-state index is 11.1. The van der Waals surface area contributed by atoms with Crippen LogP contribution in [0.2, 0.25) is 0 Å². The van der Waals surface area contributed by atoms with Crippen molar-refractivity contribution in [1.82, 2.24) is 0 Å². The molecule has 4 nitrogen and oxygen atoms in total. The summed E-state index contributed by atoms with van der Waals surface area (Å²) in [6, 6.07) is 17.0. The molecule has 0 heterocycles. The fourth-order valence-electron chi connectivity index (χ4n) is 1.85. The van der Waals surface area contributed by atoms with Gasteiger partial charge in [0.25, 0.3) is 0 Å². The lowest BCUT2D eigenvalue weighted by Gasteiger charge is -2.11. The van der Waals surface area contributed by atoms with Gasteiger partial charge in [-0.2, -0.15) is 5.26 Å². The third kappa shape index (κ3) is 3.59. The van der Waals surface area contributed by atoms with Crippen molar-refractivity contribution in [2.45, 2.75) is 13.5 Å². The number of rotatable bonds is 4. The third-order valence-electron chi connectivity index (χ3n) is 2.83. The summed E-state index contributed by atoms with van der Waals surface area (Å²) in [5.74, 6) is -0.0872. The zero-order valence-corrected chi connectivity index (χ0v) is 11.2. The first-order chi connectivity index (χ1) is 9.69. The largest absolute Gasteiger partial charge is 0.381 e. The van der Waals surface area contributed by atoms with E-state index < -0.39 is 0 Å². The second kappa shape index (κ2) is 6.39. The van der Waals surface area contributed by atoms with E-state index in [0.29, 0.717) is 12.1 Å². The van der Waals surface area contributed by atoms with Crippen LogP contribution in [0, 0.1) is 11.3 Å². The average Bonchev–Trinajstić information content (AvgIpc) is 2.46. The van der Waals surface area contributed by atoms with Gasteiger partial charge in [0, 0.05) is 24.8 Å². The van der Waals surface area contributed by atoms with E-state index >= 15 is 0 Å². The van der Waals surface area contributed by atoms with Gasteiger partial charge in [0.05, 0.1) is 11.6 Å². The third-order valence-corrected chi connectivity index (χ3v) is 2.83. The molecule has 2 N–H and O–H groups in total. The molecule has 4 heteroatoms. The summed E-state index contributed by atoms with van der Waals surface area (Å²) in [5, 5.41) is 14.8. The van der Waals surface area contributed by atoms with Crippen LogP contribution in [0.5, 0.6) is 0 Å². The predicted octanol–water partition coefficient (Wildman–Crippen LogP) is 3.13. The summed E-state index contributed by atoms with van der Waals surface area (Å²) in [6.07, 6.45) is 0. The minimum absolute atomic E-state index is 0.0872. The highest BCUT2D eigenvalue weighted by atomic mass is 16.1. The number of carbonyl (C=O) groups excluding carboxylic acids is 1. The number of amides is 1. The van der Waals surface area contributed by atoms with Gasteiger partial charge in [-0.15, -0.1) is 0 Å². The topological polar surface area (TPSA) is 64.9 Å². The van der Waals surface area contributed by atoms with Crippen molar-refractivity contribution in [3.8, 4) is 6.07 Å². The molecule has 20 heavy (non-hydrogen) atoms. The number of hydrogen-bond acceptors (Lipinski definition) is 3. The summed E-state index contributed by atoms with van der Waals surface area (Å²) in [5.41, 5.74) is 3.38. The van der Waals surface area contributed by atoms with Crippen LogP contribution in [0.1, 0.15) is 18.1 Å². The van der Waals surface area contributed by atoms with Crippen molar-refractivity contribution in [1.29, 1.82) is 5.26 Å². The Morgan fingerprint density at radius 3 is 2.50 bits per heavy atom. The minimum atomic E-state index is -0.0872. The summed E-state index contributed by atoms with van der Waals surface area (Å²) in [6.45, 7) is 2.09. The van der Waals surface area contributed by atoms with Crippen molar-refractivity contribution in [2.24, 2.45) is 0 Å². The lowest BCUT2D eigenvalue weighted by Crippen LogP contribution is -2.10. The van der Waals surface area contributed by atoms with Crippen LogP contribution in [-0.4, -0.2) is 5.91 Å². The van der Waals surface area contributed by atoms with Gasteiger partial charge < -0.3 is 10.6 Å². The van der Waals surface area contributed by atoms with Crippen molar-refractivity contribution in [3.05, 3.63) is 59.7 Å². The van der Waals surface area contributed by atoms with E-state index in [1.54, 1.807) is 12.1 Å². The molecule has 0 radical (unpaired) electrons. The van der Waals surface area contributed by atoms with Crippen LogP contribution in [0.4, 0.5) is 11.4 Å². The van der Waals surface area contributed by atoms with Gasteiger partial charge in [-0.25, -0.2) is 0 Å². The molecule has 0 saturated heterocycles. The first-order valence-corrected chi connectivity index (χ1v) is 6.28. The SMILES string of the molecule is CC(=O)Nc1ccccc1CNc1ccc(C#N)cc1. The van der Waals surface area contributed by atoms with Crippen molar-refractivity contribution >= 4 is 17.3 Å². The number of nitriles is 1. The maximum Gasteiger partial charge on any atom is 0.221 e. The van der Waals surface area contributed by atoms with Crippen LogP contribution in [-0.2, 0) is 11.3 Å². The minimum Gasteiger partial charge on any atom is -0.381 e. The Bertz CT molecular complexity index is 642. The van der Waals surface area contributed by atoms with Gasteiger partial charge in [-0.3, -0.25) is 4.79 Å². The molecule has 2 aromatic rings. The smallest absolute Gasteiger partial charge is 0.221 e. The molecule has 0 spiro atoms. The molecule has 0 fully saturated rings. The van der Waals surface area contributed by atoms with E-state index in [9.17, 15) is 4.79 Å². The van der Waals surface area contributed by atoms with E-state index in [2.05, 4.69) is 16.7 Å². The average molecular weight is 265 g/mol. The Balaban J connectivity index is 2.06. The summed E-state index contributed by atoms with van der Waals surface area (Å²) in [4.78, 5) is 11.1. The van der Waals surface area contributed by atoms with Crippen LogP contribution >= 0.6 is 0 Å². The van der Waals surface area contributed by atoms with Gasteiger partial charge in [0.2, 0.25) is 5.91 Å². The highest BCUT2D eigenvalue weighted by molar-refractivity contribution is 5.89. The number of para-hydroxylation sites is 1. The fourth-order valence-corrected chi connectivity index (χ4v) is 1.85. The van der Waals surface area contributed by atoms with Crippen molar-refractivity contribution in [3.63, 3.8) is 0 Å². The first-order valence-electron chi connectivity index (χ1n) is 6.28. The lowest BCUT2D eigenvalue weighted by molar-refractivity contribution is -0.114. The van der Waals surface area contributed by atoms with Crippen LogP contribution < -0.4 is 10.6 Å². The molecular weight excluding hydrogens is 250 g/mol. The Labute approximate surface area is 118 Å². The standard InChI is InChI=1S/C16H15N3O/c1-12(20)19-16-5-3-2-4-14(16)11-18-15-8-6-13(10-17)7-9-15/h2-9,18H,11H2,1H3,(H,19,20). The first kappa shape index (κ1) is 13.6. The predicted molar refractivity (Wildman–Crippen MR) is 79.2 cm³/mol. The van der Waals surface area contributed by atoms with Crippen LogP contribution in [0.3, 0.4) is 0 Å². The maximum atomic E-state index is 11.1. The van der Waals surface area contributed by atoms with E-state index in [4.69, 9.17) is 5.26 Å². The molecule has 0 unspecified atom stereocenters. The zero-order chi connectivity index (χ0) is 14.4. The number of anilines is 2. The highest BCUT2D eigenvalue weighted by Crippen LogP contribution is 2.17. The lowest BCUT2D eigenvalue weighted by atomic mass is 10.1. The molecule has 2 aromatic carbocycles. The van der Waals surface area contributed by atoms with E-state index in [1.165, 1.54) is 6.92 Å². The molecule has 0 aromatic heterocycles. The fraction of sp³-hybridized carbons (Fsp3) is 0.125. The zero-order valence-electron chi connectivity index (χ0n) is 11.2. The number of nitrogens with one attached hydrogen (secondary N) is 2. The van der Waals surface area contributed by atoms with Gasteiger partial charge in [0.1, 0.15) is 0 Å². The molecule has 0 aliphatic rings. The molecule has 0 aliphatic heterocycles. The van der Waals surface area contributed by atoms with Gasteiger partial charge >= 0.3 is 0 Å². The van der Waals surface area contributed by atoms with Crippen LogP contribution in [0.25, 0.3) is 0 Å². The second-order valence-corrected chi connectivity index (χ2v) is 4.38. The van der Waals surface area contributed by atoms with E-state index in [1.807, 2.05) is 36.4 Å². The molecule has 1 amide bonds. The summed E-state index contributed by atoms with van der Waals surface area (Å²) >= 11 is 0. The highest BCUT2D eigenvalue weighted by Gasteiger charge is 2.03. The summed E-state index contributed by atoms with van der Waals surface area (Å²) < 4.78 is 0. The Kier molecular flexibility index (Phi) is 4.35. The number of benzene rings is 2. The van der Waals surface area contributed by atoms with Crippen LogP contribution in [0.15, 0.2) is 48.5 Å². The molecule has 0 bridgehead atoms. The number of hydrogen-bond donors (Lipinski definition) is 2. The molecule has 0 saturated carbocycles. The normalized spacial score (nSPS) is 9.60. The number of nitrogens with zero attached hydrogens (tertiary/aromatic N) is 1. The van der Waals surface area contributed by atoms with E-state index in [-0.39, 0.29) is 5.91 Å². The van der Waals surface area contributed by atoms with E-state index in [0.717, 1.165) is 16.9 Å². The Morgan fingerprint density at radius 2 is 1.85 bits per heavy atom. The Hall–Kier alpha value is -2.80. The van der Waals surface area contributed by atoms with Gasteiger partial charge in [0.15, 0.2) is 0 Å². The van der Waals surface area contributed by atoms with Gasteiger partial charge in [-0.1, -0.05) is 18.2 Å². The number of carbonyl (C=O) groups is 1. The molecule has 100 valence electrons. The molecule has 2 rings (SSSR count). The monoisotopic (exact) mass is 265 g/mol. The molecular formula is C16H15N3O.